The lowest BCUT2D eigenvalue weighted by Gasteiger charge is -2.20. The Morgan fingerprint density at radius 2 is 2.11 bits per heavy atom. The summed E-state index contributed by atoms with van der Waals surface area (Å²) in [5.41, 5.74) is 2.43. The van der Waals surface area contributed by atoms with Crippen LogP contribution in [-0.2, 0) is 4.74 Å². The van der Waals surface area contributed by atoms with Crippen LogP contribution in [0.15, 0.2) is 30.6 Å². The molecule has 142 valence electrons. The molecule has 2 aromatic rings. The third-order valence-electron chi connectivity index (χ3n) is 5.38. The predicted octanol–water partition coefficient (Wildman–Crippen LogP) is 2.04. The van der Waals surface area contributed by atoms with Gasteiger partial charge in [-0.15, -0.1) is 0 Å². The number of aromatic nitrogens is 3. The Labute approximate surface area is 158 Å². The zero-order chi connectivity index (χ0) is 18.8. The molecule has 0 aliphatic carbocycles. The van der Waals surface area contributed by atoms with Gasteiger partial charge < -0.3 is 14.4 Å². The van der Waals surface area contributed by atoms with E-state index in [-0.39, 0.29) is 12.0 Å². The highest BCUT2D eigenvalue weighted by Gasteiger charge is 2.45. The molecule has 4 rings (SSSR count). The van der Waals surface area contributed by atoms with Gasteiger partial charge in [-0.1, -0.05) is 0 Å². The molecule has 7 nitrogen and oxygen atoms in total. The number of likely N-dealkylation sites (tertiary alicyclic amines) is 1. The van der Waals surface area contributed by atoms with E-state index in [9.17, 15) is 4.79 Å². The van der Waals surface area contributed by atoms with Crippen LogP contribution in [0, 0.1) is 25.7 Å². The van der Waals surface area contributed by atoms with E-state index in [0.717, 1.165) is 31.0 Å². The molecule has 0 N–H and O–H groups in total. The van der Waals surface area contributed by atoms with E-state index in [2.05, 4.69) is 15.0 Å². The molecular formula is C20H24N4O3. The number of hydrogen-bond donors (Lipinski definition) is 0. The number of rotatable bonds is 5. The molecule has 0 unspecified atom stereocenters. The molecule has 2 aliphatic heterocycles. The van der Waals surface area contributed by atoms with Crippen LogP contribution in [0.25, 0.3) is 0 Å². The number of fused-ring (bicyclic) bond motifs is 1. The summed E-state index contributed by atoms with van der Waals surface area (Å²) in [6.45, 7) is 6.48. The van der Waals surface area contributed by atoms with Gasteiger partial charge in [-0.25, -0.2) is 9.97 Å². The molecule has 0 bridgehead atoms. The summed E-state index contributed by atoms with van der Waals surface area (Å²) < 4.78 is 11.6. The highest BCUT2D eigenvalue weighted by atomic mass is 16.5. The van der Waals surface area contributed by atoms with Crippen molar-refractivity contribution in [3.8, 4) is 6.01 Å². The Morgan fingerprint density at radius 1 is 1.22 bits per heavy atom. The van der Waals surface area contributed by atoms with Gasteiger partial charge in [0.1, 0.15) is 0 Å². The fourth-order valence-electron chi connectivity index (χ4n) is 3.84. The van der Waals surface area contributed by atoms with Crippen LogP contribution in [0.5, 0.6) is 6.01 Å². The van der Waals surface area contributed by atoms with Gasteiger partial charge in [-0.05, 0) is 44.4 Å². The molecular weight excluding hydrogens is 344 g/mol. The minimum Gasteiger partial charge on any atom is -0.463 e. The SMILES string of the molecule is Cc1ccc(C(=O)N2C[C@H]3[C@@H](CCOc4nccc(C)n4)CO[C@H]3C2)cn1. The molecule has 2 aliphatic rings. The zero-order valence-corrected chi connectivity index (χ0v) is 15.7. The van der Waals surface area contributed by atoms with Crippen LogP contribution < -0.4 is 4.74 Å². The van der Waals surface area contributed by atoms with E-state index in [1.165, 1.54) is 0 Å². The van der Waals surface area contributed by atoms with Crippen molar-refractivity contribution in [1.29, 1.82) is 0 Å². The van der Waals surface area contributed by atoms with E-state index in [1.807, 2.05) is 36.9 Å². The van der Waals surface area contributed by atoms with Crippen LogP contribution in [0.2, 0.25) is 0 Å². The number of amides is 1. The molecule has 2 saturated heterocycles. The second-order valence-corrected chi connectivity index (χ2v) is 7.31. The largest absolute Gasteiger partial charge is 0.463 e. The number of ether oxygens (including phenoxy) is 2. The first-order chi connectivity index (χ1) is 13.1. The average Bonchev–Trinajstić information content (AvgIpc) is 3.24. The second-order valence-electron chi connectivity index (χ2n) is 7.31. The van der Waals surface area contributed by atoms with Crippen molar-refractivity contribution < 1.29 is 14.3 Å². The van der Waals surface area contributed by atoms with Gasteiger partial charge in [0.2, 0.25) is 0 Å². The van der Waals surface area contributed by atoms with Crippen LogP contribution in [-0.4, -0.2) is 58.2 Å². The Bertz CT molecular complexity index is 811. The number of nitrogens with zero attached hydrogens (tertiary/aromatic N) is 4. The molecule has 0 radical (unpaired) electrons. The third kappa shape index (κ3) is 3.93. The number of carbonyl (C=O) groups is 1. The minimum absolute atomic E-state index is 0.0312. The highest BCUT2D eigenvalue weighted by Crippen LogP contribution is 2.36. The average molecular weight is 368 g/mol. The zero-order valence-electron chi connectivity index (χ0n) is 15.7. The van der Waals surface area contributed by atoms with Crippen LogP contribution >= 0.6 is 0 Å². The summed E-state index contributed by atoms with van der Waals surface area (Å²) in [4.78, 5) is 27.2. The van der Waals surface area contributed by atoms with E-state index in [4.69, 9.17) is 9.47 Å². The molecule has 3 atom stereocenters. The molecule has 0 spiro atoms. The predicted molar refractivity (Wildman–Crippen MR) is 98.5 cm³/mol. The number of hydrogen-bond acceptors (Lipinski definition) is 6. The fourth-order valence-corrected chi connectivity index (χ4v) is 3.84. The smallest absolute Gasteiger partial charge is 0.316 e. The van der Waals surface area contributed by atoms with Crippen molar-refractivity contribution in [2.24, 2.45) is 11.8 Å². The molecule has 7 heteroatoms. The summed E-state index contributed by atoms with van der Waals surface area (Å²) in [6.07, 6.45) is 4.34. The van der Waals surface area contributed by atoms with Gasteiger partial charge in [0.05, 0.1) is 24.9 Å². The van der Waals surface area contributed by atoms with Crippen molar-refractivity contribution in [1.82, 2.24) is 19.9 Å². The van der Waals surface area contributed by atoms with Crippen LogP contribution in [0.1, 0.15) is 28.2 Å². The van der Waals surface area contributed by atoms with Gasteiger partial charge in [-0.2, -0.15) is 0 Å². The summed E-state index contributed by atoms with van der Waals surface area (Å²) in [5.74, 6) is 0.770. The molecule has 2 aromatic heterocycles. The lowest BCUT2D eigenvalue weighted by molar-refractivity contribution is 0.0671. The lowest BCUT2D eigenvalue weighted by Crippen LogP contribution is -2.31. The minimum atomic E-state index is 0.0312. The molecule has 2 fully saturated rings. The first-order valence-corrected chi connectivity index (χ1v) is 9.36. The monoisotopic (exact) mass is 368 g/mol. The van der Waals surface area contributed by atoms with Crippen molar-refractivity contribution in [2.75, 3.05) is 26.3 Å². The van der Waals surface area contributed by atoms with Gasteiger partial charge >= 0.3 is 6.01 Å². The first kappa shape index (κ1) is 17.9. The van der Waals surface area contributed by atoms with Crippen LogP contribution in [0.4, 0.5) is 0 Å². The lowest BCUT2D eigenvalue weighted by atomic mass is 9.91. The summed E-state index contributed by atoms with van der Waals surface area (Å²) in [7, 11) is 0. The molecule has 0 saturated carbocycles. The summed E-state index contributed by atoms with van der Waals surface area (Å²) in [6, 6.07) is 5.97. The van der Waals surface area contributed by atoms with Gasteiger partial charge in [0, 0.05) is 42.8 Å². The molecule has 1 amide bonds. The van der Waals surface area contributed by atoms with E-state index in [0.29, 0.717) is 36.6 Å². The normalized spacial score (nSPS) is 24.1. The van der Waals surface area contributed by atoms with Crippen LogP contribution in [0.3, 0.4) is 0 Å². The second kappa shape index (κ2) is 7.60. The standard InChI is InChI=1S/C20H24N4O3/c1-13-3-4-15(9-22-13)19(25)24-10-17-16(12-27-18(17)11-24)6-8-26-20-21-7-5-14(2)23-20/h3-5,7,9,16-18H,6,8,10-12H2,1-2H3/t16-,17-,18-/m0/s1. The molecule has 0 aromatic carbocycles. The van der Waals surface area contributed by atoms with E-state index >= 15 is 0 Å². The molecule has 4 heterocycles. The maximum Gasteiger partial charge on any atom is 0.316 e. The van der Waals surface area contributed by atoms with Crippen molar-refractivity contribution in [3.63, 3.8) is 0 Å². The topological polar surface area (TPSA) is 77.4 Å². The summed E-state index contributed by atoms with van der Waals surface area (Å²) >= 11 is 0. The van der Waals surface area contributed by atoms with E-state index < -0.39 is 0 Å². The van der Waals surface area contributed by atoms with Gasteiger partial charge in [0.25, 0.3) is 5.91 Å². The quantitative estimate of drug-likeness (QED) is 0.804. The number of aryl methyl sites for hydroxylation is 2. The van der Waals surface area contributed by atoms with Crippen molar-refractivity contribution in [3.05, 3.63) is 47.5 Å². The first-order valence-electron chi connectivity index (χ1n) is 9.36. The van der Waals surface area contributed by atoms with E-state index in [1.54, 1.807) is 12.4 Å². The van der Waals surface area contributed by atoms with Crippen molar-refractivity contribution >= 4 is 5.91 Å². The Morgan fingerprint density at radius 3 is 2.89 bits per heavy atom. The van der Waals surface area contributed by atoms with Crippen molar-refractivity contribution in [2.45, 2.75) is 26.4 Å². The summed E-state index contributed by atoms with van der Waals surface area (Å²) in [5, 5.41) is 0. The molecule has 27 heavy (non-hydrogen) atoms. The number of pyridine rings is 1. The Kier molecular flexibility index (Phi) is 5.03. The number of carbonyl (C=O) groups excluding carboxylic acids is 1. The maximum absolute atomic E-state index is 12.7. The Hall–Kier alpha value is -2.54. The Balaban J connectivity index is 1.31. The van der Waals surface area contributed by atoms with Gasteiger partial charge in [0.15, 0.2) is 0 Å². The van der Waals surface area contributed by atoms with Gasteiger partial charge in [-0.3, -0.25) is 9.78 Å². The third-order valence-corrected chi connectivity index (χ3v) is 5.38. The fraction of sp³-hybridized carbons (Fsp3) is 0.500. The maximum atomic E-state index is 12.7. The highest BCUT2D eigenvalue weighted by molar-refractivity contribution is 5.94.